The molecule has 0 spiro atoms. The standard InChI is InChI=1S/C29H32N2O2/c1-19-23(15-20-11-7-6-8-12-20)28(22-13-9-10-14-25(22)31-19)24-17-27(33-5)26(32-4)16-21(24)18-29(2,3)30/h6-14,16-17H,15,18,30H2,1-5H3. The highest BCUT2D eigenvalue weighted by Crippen LogP contribution is 2.42. The SMILES string of the molecule is COc1cc(CC(C)(C)N)c(-c2c(Cc3ccccc3)c(C)nc3ccccc23)cc1OC. The quantitative estimate of drug-likeness (QED) is 0.377. The summed E-state index contributed by atoms with van der Waals surface area (Å²) in [5.74, 6) is 1.41. The third-order valence-corrected chi connectivity index (χ3v) is 5.95. The lowest BCUT2D eigenvalue weighted by atomic mass is 9.85. The molecule has 0 saturated heterocycles. The van der Waals surface area contributed by atoms with Gasteiger partial charge >= 0.3 is 0 Å². The van der Waals surface area contributed by atoms with Crippen LogP contribution in [-0.4, -0.2) is 24.7 Å². The fourth-order valence-electron chi connectivity index (χ4n) is 4.49. The first kappa shape index (κ1) is 22.8. The number of aromatic nitrogens is 1. The van der Waals surface area contributed by atoms with Gasteiger partial charge in [0.25, 0.3) is 0 Å². The molecule has 0 aliphatic rings. The molecule has 2 N–H and O–H groups in total. The van der Waals surface area contributed by atoms with Crippen molar-refractivity contribution in [2.24, 2.45) is 5.73 Å². The van der Waals surface area contributed by atoms with Crippen LogP contribution in [0.25, 0.3) is 22.0 Å². The van der Waals surface area contributed by atoms with E-state index in [1.807, 2.05) is 26.0 Å². The van der Waals surface area contributed by atoms with E-state index in [0.717, 1.165) is 34.1 Å². The summed E-state index contributed by atoms with van der Waals surface area (Å²) >= 11 is 0. The summed E-state index contributed by atoms with van der Waals surface area (Å²) in [6.07, 6.45) is 1.49. The highest BCUT2D eigenvalue weighted by atomic mass is 16.5. The molecular formula is C29H32N2O2. The summed E-state index contributed by atoms with van der Waals surface area (Å²) in [6, 6.07) is 23.0. The van der Waals surface area contributed by atoms with Crippen molar-refractivity contribution in [1.29, 1.82) is 0 Å². The minimum atomic E-state index is -0.383. The van der Waals surface area contributed by atoms with Crippen LogP contribution in [0.5, 0.6) is 11.5 Å². The third kappa shape index (κ3) is 4.86. The van der Waals surface area contributed by atoms with Crippen LogP contribution in [0, 0.1) is 6.92 Å². The first-order chi connectivity index (χ1) is 15.8. The molecule has 0 atom stereocenters. The monoisotopic (exact) mass is 440 g/mol. The third-order valence-electron chi connectivity index (χ3n) is 5.95. The van der Waals surface area contributed by atoms with Crippen LogP contribution in [0.3, 0.4) is 0 Å². The van der Waals surface area contributed by atoms with Crippen molar-refractivity contribution >= 4 is 10.9 Å². The zero-order valence-electron chi connectivity index (χ0n) is 20.1. The van der Waals surface area contributed by atoms with Crippen molar-refractivity contribution in [3.8, 4) is 22.6 Å². The number of fused-ring (bicyclic) bond motifs is 1. The van der Waals surface area contributed by atoms with Gasteiger partial charge in [-0.25, -0.2) is 0 Å². The average molecular weight is 441 g/mol. The smallest absolute Gasteiger partial charge is 0.161 e. The number of hydrogen-bond acceptors (Lipinski definition) is 4. The largest absolute Gasteiger partial charge is 0.493 e. The van der Waals surface area contributed by atoms with Gasteiger partial charge in [0.1, 0.15) is 0 Å². The number of ether oxygens (including phenoxy) is 2. The predicted octanol–water partition coefficient (Wildman–Crippen LogP) is 6.10. The van der Waals surface area contributed by atoms with Crippen molar-refractivity contribution in [1.82, 2.24) is 4.98 Å². The van der Waals surface area contributed by atoms with Crippen LogP contribution in [0.2, 0.25) is 0 Å². The minimum absolute atomic E-state index is 0.383. The van der Waals surface area contributed by atoms with Crippen molar-refractivity contribution in [2.45, 2.75) is 39.2 Å². The Balaban J connectivity index is 2.06. The lowest BCUT2D eigenvalue weighted by molar-refractivity contribution is 0.354. The van der Waals surface area contributed by atoms with Crippen molar-refractivity contribution in [3.63, 3.8) is 0 Å². The van der Waals surface area contributed by atoms with E-state index in [-0.39, 0.29) is 5.54 Å². The molecule has 0 aliphatic heterocycles. The maximum absolute atomic E-state index is 6.50. The summed E-state index contributed by atoms with van der Waals surface area (Å²) in [5, 5.41) is 1.12. The summed E-state index contributed by atoms with van der Waals surface area (Å²) in [5.41, 5.74) is 14.0. The van der Waals surface area contributed by atoms with Crippen molar-refractivity contribution < 1.29 is 9.47 Å². The molecule has 33 heavy (non-hydrogen) atoms. The van der Waals surface area contributed by atoms with Crippen LogP contribution in [0.1, 0.15) is 36.2 Å². The number of nitrogens with two attached hydrogens (primary N) is 1. The number of rotatable bonds is 7. The van der Waals surface area contributed by atoms with E-state index in [1.165, 1.54) is 16.7 Å². The summed E-state index contributed by atoms with van der Waals surface area (Å²) in [4.78, 5) is 4.96. The zero-order chi connectivity index (χ0) is 23.6. The van der Waals surface area contributed by atoms with Gasteiger partial charge in [0.2, 0.25) is 0 Å². The molecule has 3 aromatic carbocycles. The second-order valence-corrected chi connectivity index (χ2v) is 9.26. The van der Waals surface area contributed by atoms with E-state index in [1.54, 1.807) is 14.2 Å². The van der Waals surface area contributed by atoms with Gasteiger partial charge < -0.3 is 15.2 Å². The number of para-hydroxylation sites is 1. The Morgan fingerprint density at radius 1 is 0.879 bits per heavy atom. The Hall–Kier alpha value is -3.37. The van der Waals surface area contributed by atoms with E-state index < -0.39 is 0 Å². The first-order valence-corrected chi connectivity index (χ1v) is 11.3. The topological polar surface area (TPSA) is 57.4 Å². The molecular weight excluding hydrogens is 408 g/mol. The molecule has 0 unspecified atom stereocenters. The molecule has 0 bridgehead atoms. The normalized spacial score (nSPS) is 11.6. The number of aryl methyl sites for hydroxylation is 1. The van der Waals surface area contributed by atoms with Crippen LogP contribution < -0.4 is 15.2 Å². The van der Waals surface area contributed by atoms with Gasteiger partial charge in [0.05, 0.1) is 19.7 Å². The molecule has 0 amide bonds. The molecule has 0 fully saturated rings. The molecule has 170 valence electrons. The maximum Gasteiger partial charge on any atom is 0.161 e. The molecule has 0 saturated carbocycles. The molecule has 0 aliphatic carbocycles. The molecule has 4 rings (SSSR count). The second kappa shape index (κ2) is 9.24. The maximum atomic E-state index is 6.50. The Morgan fingerprint density at radius 3 is 2.18 bits per heavy atom. The lowest BCUT2D eigenvalue weighted by Crippen LogP contribution is -2.34. The summed E-state index contributed by atoms with van der Waals surface area (Å²) in [7, 11) is 3.34. The number of pyridine rings is 1. The molecule has 0 radical (unpaired) electrons. The van der Waals surface area contributed by atoms with Crippen LogP contribution in [0.4, 0.5) is 0 Å². The van der Waals surface area contributed by atoms with Gasteiger partial charge in [-0.05, 0) is 79.6 Å². The lowest BCUT2D eigenvalue weighted by Gasteiger charge is -2.24. The summed E-state index contributed by atoms with van der Waals surface area (Å²) < 4.78 is 11.4. The van der Waals surface area contributed by atoms with Crippen molar-refractivity contribution in [2.75, 3.05) is 14.2 Å². The van der Waals surface area contributed by atoms with E-state index in [4.69, 9.17) is 20.2 Å². The van der Waals surface area contributed by atoms with Crippen LogP contribution >= 0.6 is 0 Å². The van der Waals surface area contributed by atoms with Crippen LogP contribution in [-0.2, 0) is 12.8 Å². The Kier molecular flexibility index (Phi) is 6.39. The highest BCUT2D eigenvalue weighted by molar-refractivity contribution is 5.98. The molecule has 1 heterocycles. The molecule has 4 aromatic rings. The predicted molar refractivity (Wildman–Crippen MR) is 136 cm³/mol. The van der Waals surface area contributed by atoms with Gasteiger partial charge in [-0.3, -0.25) is 4.98 Å². The van der Waals surface area contributed by atoms with E-state index in [0.29, 0.717) is 17.9 Å². The molecule has 4 heteroatoms. The van der Waals surface area contributed by atoms with E-state index in [9.17, 15) is 0 Å². The summed E-state index contributed by atoms with van der Waals surface area (Å²) in [6.45, 7) is 6.20. The fourth-order valence-corrected chi connectivity index (χ4v) is 4.49. The van der Waals surface area contributed by atoms with Gasteiger partial charge in [-0.2, -0.15) is 0 Å². The Labute approximate surface area is 196 Å². The fraction of sp³-hybridized carbons (Fsp3) is 0.276. The Bertz CT molecular complexity index is 1270. The van der Waals surface area contributed by atoms with Gasteiger partial charge in [0.15, 0.2) is 11.5 Å². The highest BCUT2D eigenvalue weighted by Gasteiger charge is 2.23. The number of methoxy groups -OCH3 is 2. The number of benzene rings is 3. The number of hydrogen-bond donors (Lipinski definition) is 1. The molecule has 4 nitrogen and oxygen atoms in total. The minimum Gasteiger partial charge on any atom is -0.493 e. The van der Waals surface area contributed by atoms with E-state index in [2.05, 4.69) is 61.5 Å². The van der Waals surface area contributed by atoms with Crippen molar-refractivity contribution in [3.05, 3.63) is 89.1 Å². The van der Waals surface area contributed by atoms with Gasteiger partial charge in [-0.1, -0.05) is 48.5 Å². The Morgan fingerprint density at radius 2 is 1.52 bits per heavy atom. The second-order valence-electron chi connectivity index (χ2n) is 9.26. The van der Waals surface area contributed by atoms with Crippen LogP contribution in [0.15, 0.2) is 66.7 Å². The van der Waals surface area contributed by atoms with Gasteiger partial charge in [0, 0.05) is 16.6 Å². The number of nitrogens with zero attached hydrogens (tertiary/aromatic N) is 1. The average Bonchev–Trinajstić information content (AvgIpc) is 2.79. The first-order valence-electron chi connectivity index (χ1n) is 11.3. The van der Waals surface area contributed by atoms with Gasteiger partial charge in [-0.15, -0.1) is 0 Å². The molecule has 1 aromatic heterocycles. The zero-order valence-corrected chi connectivity index (χ0v) is 20.1. The van der Waals surface area contributed by atoms with E-state index >= 15 is 0 Å².